The zero-order chi connectivity index (χ0) is 17.5. The molecule has 1 heterocycles. The van der Waals surface area contributed by atoms with Crippen LogP contribution in [0.4, 0.5) is 5.69 Å². The molecule has 0 spiro atoms. The van der Waals surface area contributed by atoms with E-state index in [-0.39, 0.29) is 12.1 Å². The maximum absolute atomic E-state index is 12.1. The van der Waals surface area contributed by atoms with Crippen molar-refractivity contribution in [3.63, 3.8) is 0 Å². The molecule has 1 amide bonds. The van der Waals surface area contributed by atoms with Crippen LogP contribution >= 0.6 is 11.6 Å². The van der Waals surface area contributed by atoms with E-state index in [0.717, 1.165) is 25.0 Å². The summed E-state index contributed by atoms with van der Waals surface area (Å²) >= 11 is 5.88. The molecule has 0 saturated heterocycles. The van der Waals surface area contributed by atoms with Gasteiger partial charge in [0.2, 0.25) is 5.91 Å². The lowest BCUT2D eigenvalue weighted by atomic mass is 10.2. The minimum absolute atomic E-state index is 0.183. The van der Waals surface area contributed by atoms with Gasteiger partial charge < -0.3 is 5.32 Å². The third-order valence-corrected chi connectivity index (χ3v) is 3.65. The number of unbranched alkanes of at least 4 members (excludes halogenated alkanes) is 1. The average molecular weight is 345 g/mol. The highest BCUT2D eigenvalue weighted by molar-refractivity contribution is 6.31. The van der Waals surface area contributed by atoms with Crippen LogP contribution in [0.2, 0.25) is 5.02 Å². The molecule has 0 fully saturated rings. The van der Waals surface area contributed by atoms with Crippen molar-refractivity contribution >= 4 is 23.2 Å². The van der Waals surface area contributed by atoms with Gasteiger partial charge in [-0.3, -0.25) is 14.2 Å². The van der Waals surface area contributed by atoms with Gasteiger partial charge in [0.25, 0.3) is 5.56 Å². The molecule has 124 valence electrons. The monoisotopic (exact) mass is 344 g/mol. The van der Waals surface area contributed by atoms with Crippen LogP contribution in [0.1, 0.15) is 31.0 Å². The number of nitrogens with one attached hydrogen (secondary N) is 1. The van der Waals surface area contributed by atoms with Gasteiger partial charge in [0.1, 0.15) is 12.6 Å². The second-order valence-electron chi connectivity index (χ2n) is 5.30. The van der Waals surface area contributed by atoms with Crippen molar-refractivity contribution in [3.8, 4) is 6.07 Å². The van der Waals surface area contributed by atoms with Crippen LogP contribution in [0.15, 0.2) is 35.4 Å². The van der Waals surface area contributed by atoms with Crippen LogP contribution in [-0.2, 0) is 17.8 Å². The van der Waals surface area contributed by atoms with E-state index >= 15 is 0 Å². The van der Waals surface area contributed by atoms with Crippen LogP contribution in [0.25, 0.3) is 0 Å². The van der Waals surface area contributed by atoms with Crippen molar-refractivity contribution in [2.75, 3.05) is 5.32 Å². The van der Waals surface area contributed by atoms with Crippen molar-refractivity contribution in [1.82, 2.24) is 9.55 Å². The van der Waals surface area contributed by atoms with Crippen molar-refractivity contribution in [2.45, 2.75) is 32.7 Å². The van der Waals surface area contributed by atoms with Crippen LogP contribution < -0.4 is 10.9 Å². The first-order valence-electron chi connectivity index (χ1n) is 7.58. The first kappa shape index (κ1) is 17.7. The van der Waals surface area contributed by atoms with Crippen molar-refractivity contribution in [1.29, 1.82) is 5.26 Å². The lowest BCUT2D eigenvalue weighted by Crippen LogP contribution is -2.28. The number of aryl methyl sites for hydroxylation is 1. The van der Waals surface area contributed by atoms with E-state index in [1.165, 1.54) is 29.1 Å². The molecule has 0 unspecified atom stereocenters. The Hall–Kier alpha value is -2.65. The summed E-state index contributed by atoms with van der Waals surface area (Å²) in [6.07, 6.45) is 4.10. The highest BCUT2D eigenvalue weighted by atomic mass is 35.5. The number of anilines is 1. The summed E-state index contributed by atoms with van der Waals surface area (Å²) < 4.78 is 1.22. The highest BCUT2D eigenvalue weighted by Crippen LogP contribution is 2.20. The molecule has 24 heavy (non-hydrogen) atoms. The molecule has 0 atom stereocenters. The molecule has 1 aromatic carbocycles. The summed E-state index contributed by atoms with van der Waals surface area (Å²) in [4.78, 5) is 28.4. The maximum Gasteiger partial charge on any atom is 0.253 e. The second kappa shape index (κ2) is 8.27. The van der Waals surface area contributed by atoms with Gasteiger partial charge in [0.15, 0.2) is 0 Å². The van der Waals surface area contributed by atoms with Crippen LogP contribution in [0.3, 0.4) is 0 Å². The average Bonchev–Trinajstić information content (AvgIpc) is 2.55. The summed E-state index contributed by atoms with van der Waals surface area (Å²) in [5, 5.41) is 12.0. The van der Waals surface area contributed by atoms with Gasteiger partial charge in [-0.2, -0.15) is 5.26 Å². The van der Waals surface area contributed by atoms with E-state index in [2.05, 4.69) is 17.2 Å². The molecule has 0 aliphatic rings. The Labute approximate surface area is 144 Å². The number of aromatic nitrogens is 2. The molecule has 6 nitrogen and oxygen atoms in total. The molecule has 2 rings (SSSR count). The second-order valence-corrected chi connectivity index (χ2v) is 5.74. The molecular weight excluding hydrogens is 328 g/mol. The van der Waals surface area contributed by atoms with Gasteiger partial charge in [-0.1, -0.05) is 24.9 Å². The molecule has 0 aliphatic heterocycles. The van der Waals surface area contributed by atoms with Gasteiger partial charge in [-0.25, -0.2) is 4.98 Å². The van der Waals surface area contributed by atoms with E-state index in [1.807, 2.05) is 6.07 Å². The lowest BCUT2D eigenvalue weighted by molar-refractivity contribution is -0.116. The Morgan fingerprint density at radius 1 is 1.42 bits per heavy atom. The topological polar surface area (TPSA) is 87.8 Å². The summed E-state index contributed by atoms with van der Waals surface area (Å²) in [6, 6.07) is 8.01. The molecule has 1 aromatic heterocycles. The van der Waals surface area contributed by atoms with Gasteiger partial charge in [0, 0.05) is 16.8 Å². The van der Waals surface area contributed by atoms with Crippen LogP contribution in [0.5, 0.6) is 0 Å². The fourth-order valence-corrected chi connectivity index (χ4v) is 2.31. The Balaban J connectivity index is 2.09. The van der Waals surface area contributed by atoms with Gasteiger partial charge in [-0.05, 0) is 31.0 Å². The Morgan fingerprint density at radius 2 is 2.21 bits per heavy atom. The molecule has 7 heteroatoms. The normalized spacial score (nSPS) is 10.2. The van der Waals surface area contributed by atoms with E-state index in [9.17, 15) is 9.59 Å². The van der Waals surface area contributed by atoms with E-state index in [0.29, 0.717) is 16.3 Å². The van der Waals surface area contributed by atoms with Crippen LogP contribution in [-0.4, -0.2) is 15.5 Å². The number of benzene rings is 1. The zero-order valence-electron chi connectivity index (χ0n) is 13.3. The van der Waals surface area contributed by atoms with Crippen molar-refractivity contribution in [2.24, 2.45) is 0 Å². The summed E-state index contributed by atoms with van der Waals surface area (Å²) in [5.74, 6) is -0.432. The van der Waals surface area contributed by atoms with E-state index in [4.69, 9.17) is 16.9 Å². The minimum Gasteiger partial charge on any atom is -0.323 e. The van der Waals surface area contributed by atoms with Gasteiger partial charge in [0.05, 0.1) is 17.6 Å². The van der Waals surface area contributed by atoms with E-state index < -0.39 is 5.91 Å². The Kier molecular flexibility index (Phi) is 6.10. The fourth-order valence-electron chi connectivity index (χ4n) is 2.14. The number of hydrogen-bond acceptors (Lipinski definition) is 4. The number of hydrogen-bond donors (Lipinski definition) is 1. The molecule has 0 aliphatic carbocycles. The largest absolute Gasteiger partial charge is 0.323 e. The first-order valence-corrected chi connectivity index (χ1v) is 7.96. The SMILES string of the molecule is CCCCc1cc(=O)n(CC(=O)Nc2cc(Cl)ccc2C#N)cn1. The standard InChI is InChI=1S/C17H17ClN4O2/c1-2-3-4-14-8-17(24)22(11-20-14)10-16(23)21-15-7-13(18)6-5-12(15)9-19/h5-8,11H,2-4,10H2,1H3,(H,21,23). The first-order chi connectivity index (χ1) is 11.5. The third-order valence-electron chi connectivity index (χ3n) is 3.41. The number of halogens is 1. The highest BCUT2D eigenvalue weighted by Gasteiger charge is 2.10. The van der Waals surface area contributed by atoms with E-state index in [1.54, 1.807) is 6.07 Å². The quantitative estimate of drug-likeness (QED) is 0.872. The lowest BCUT2D eigenvalue weighted by Gasteiger charge is -2.09. The predicted octanol–water partition coefficient (Wildman–Crippen LogP) is 2.75. The van der Waals surface area contributed by atoms with Gasteiger partial charge >= 0.3 is 0 Å². The number of nitriles is 1. The van der Waals surface area contributed by atoms with Crippen LogP contribution in [0, 0.1) is 11.3 Å². The Bertz CT molecular complexity index is 839. The third kappa shape index (κ3) is 4.67. The molecule has 0 saturated carbocycles. The molecule has 1 N–H and O–H groups in total. The Morgan fingerprint density at radius 3 is 2.88 bits per heavy atom. The summed E-state index contributed by atoms with van der Waals surface area (Å²) in [7, 11) is 0. The molecule has 0 bridgehead atoms. The predicted molar refractivity (Wildman–Crippen MR) is 91.9 cm³/mol. The van der Waals surface area contributed by atoms with Gasteiger partial charge in [-0.15, -0.1) is 0 Å². The number of amides is 1. The maximum atomic E-state index is 12.1. The summed E-state index contributed by atoms with van der Waals surface area (Å²) in [6.45, 7) is 1.88. The van der Waals surface area contributed by atoms with Crippen molar-refractivity contribution < 1.29 is 4.79 Å². The summed E-state index contributed by atoms with van der Waals surface area (Å²) in [5.41, 5.74) is 1.06. The molecule has 0 radical (unpaired) electrons. The van der Waals surface area contributed by atoms with Crippen molar-refractivity contribution in [3.05, 3.63) is 57.2 Å². The number of nitrogens with zero attached hydrogens (tertiary/aromatic N) is 3. The molecule has 2 aromatic rings. The minimum atomic E-state index is -0.432. The zero-order valence-corrected chi connectivity index (χ0v) is 14.0. The number of rotatable bonds is 6. The fraction of sp³-hybridized carbons (Fsp3) is 0.294. The smallest absolute Gasteiger partial charge is 0.253 e. The number of carbonyl (C=O) groups is 1. The number of carbonyl (C=O) groups excluding carboxylic acids is 1. The molecular formula is C17H17ClN4O2.